The molecule has 1 aliphatic rings. The zero-order chi connectivity index (χ0) is 27.2. The Morgan fingerprint density at radius 2 is 1.73 bits per heavy atom. The number of fused-ring (bicyclic) bond motifs is 1. The van der Waals surface area contributed by atoms with Gasteiger partial charge in [-0.2, -0.15) is 13.2 Å². The lowest BCUT2D eigenvalue weighted by molar-refractivity contribution is -0.137. The van der Waals surface area contributed by atoms with Gasteiger partial charge in [0.05, 0.1) is 23.0 Å². The number of carbonyl (C=O) groups excluding carboxylic acids is 3. The van der Waals surface area contributed by atoms with Crippen molar-refractivity contribution in [2.45, 2.75) is 25.2 Å². The molecule has 1 aromatic heterocycles. The Morgan fingerprint density at radius 1 is 1.03 bits per heavy atom. The summed E-state index contributed by atoms with van der Waals surface area (Å²) < 4.78 is 68.8. The first kappa shape index (κ1) is 26.1. The summed E-state index contributed by atoms with van der Waals surface area (Å²) in [6.45, 7) is 1.47. The van der Waals surface area contributed by atoms with Crippen LogP contribution in [0.1, 0.15) is 56.7 Å². The Labute approximate surface area is 211 Å². The average molecular weight is 541 g/mol. The number of halogens is 6. The van der Waals surface area contributed by atoms with Crippen LogP contribution in [0.15, 0.2) is 42.5 Å². The highest BCUT2D eigenvalue weighted by Gasteiger charge is 2.38. The van der Waals surface area contributed by atoms with Crippen molar-refractivity contribution in [3.8, 4) is 0 Å². The highest BCUT2D eigenvalue weighted by atomic mass is 35.5. The van der Waals surface area contributed by atoms with Gasteiger partial charge in [0, 0.05) is 23.2 Å². The summed E-state index contributed by atoms with van der Waals surface area (Å²) in [5.41, 5.74) is -1.94. The second-order valence-corrected chi connectivity index (χ2v) is 8.65. The van der Waals surface area contributed by atoms with Crippen molar-refractivity contribution in [3.05, 3.63) is 87.2 Å². The molecule has 2 heterocycles. The number of nitrogens with one attached hydrogen (secondary N) is 3. The van der Waals surface area contributed by atoms with Crippen LogP contribution in [0.25, 0.3) is 0 Å². The van der Waals surface area contributed by atoms with E-state index in [9.17, 15) is 36.3 Å². The molecule has 0 unspecified atom stereocenters. The summed E-state index contributed by atoms with van der Waals surface area (Å²) in [5.74, 6) is -4.26. The molecule has 2 aromatic carbocycles. The maximum Gasteiger partial charge on any atom is 0.416 e. The van der Waals surface area contributed by atoms with Gasteiger partial charge in [-0.3, -0.25) is 14.4 Å². The highest BCUT2D eigenvalue weighted by Crippen LogP contribution is 2.40. The van der Waals surface area contributed by atoms with Gasteiger partial charge in [0.1, 0.15) is 23.4 Å². The van der Waals surface area contributed by atoms with Gasteiger partial charge in [-0.05, 0) is 49.4 Å². The Balaban J connectivity index is 1.88. The number of amides is 3. The van der Waals surface area contributed by atoms with Gasteiger partial charge in [-0.1, -0.05) is 11.6 Å². The molecule has 7 nitrogen and oxygen atoms in total. The van der Waals surface area contributed by atoms with E-state index in [0.717, 1.165) is 12.1 Å². The van der Waals surface area contributed by atoms with Crippen LogP contribution in [-0.2, 0) is 11.0 Å². The van der Waals surface area contributed by atoms with Gasteiger partial charge >= 0.3 is 6.18 Å². The second-order valence-electron chi connectivity index (χ2n) is 8.24. The molecule has 37 heavy (non-hydrogen) atoms. The molecular weight excluding hydrogens is 523 g/mol. The van der Waals surface area contributed by atoms with Crippen LogP contribution in [0.3, 0.4) is 0 Å². The van der Waals surface area contributed by atoms with Crippen molar-refractivity contribution in [1.29, 1.82) is 0 Å². The molecule has 3 aromatic rings. The molecule has 2 atom stereocenters. The van der Waals surface area contributed by atoms with Crippen LogP contribution < -0.4 is 16.0 Å². The van der Waals surface area contributed by atoms with Crippen molar-refractivity contribution in [1.82, 2.24) is 15.2 Å². The third kappa shape index (κ3) is 4.88. The first-order valence-electron chi connectivity index (χ1n) is 10.7. The molecule has 0 spiro atoms. The topological polar surface area (TPSA) is 92.2 Å². The lowest BCUT2D eigenvalue weighted by Gasteiger charge is -2.33. The van der Waals surface area contributed by atoms with Crippen LogP contribution in [0, 0.1) is 11.6 Å². The van der Waals surface area contributed by atoms with Gasteiger partial charge < -0.3 is 20.5 Å². The number of aromatic nitrogens is 1. The predicted octanol–water partition coefficient (Wildman–Crippen LogP) is 4.83. The molecule has 0 radical (unpaired) electrons. The molecule has 0 saturated carbocycles. The van der Waals surface area contributed by atoms with Gasteiger partial charge in [0.15, 0.2) is 0 Å². The first-order valence-corrected chi connectivity index (χ1v) is 11.1. The second kappa shape index (κ2) is 9.51. The highest BCUT2D eigenvalue weighted by molar-refractivity contribution is 6.31. The molecule has 3 N–H and O–H groups in total. The minimum atomic E-state index is -4.90. The van der Waals surface area contributed by atoms with Crippen LogP contribution in [0.5, 0.6) is 0 Å². The van der Waals surface area contributed by atoms with Gasteiger partial charge in [-0.25, -0.2) is 8.78 Å². The molecule has 1 aliphatic heterocycles. The molecule has 4 rings (SSSR count). The minimum absolute atomic E-state index is 0.0627. The fourth-order valence-corrected chi connectivity index (χ4v) is 4.37. The monoisotopic (exact) mass is 540 g/mol. The van der Waals surface area contributed by atoms with Crippen molar-refractivity contribution < 1.29 is 36.3 Å². The molecule has 13 heteroatoms. The van der Waals surface area contributed by atoms with E-state index in [4.69, 9.17) is 11.6 Å². The number of benzene rings is 2. The smallest absolute Gasteiger partial charge is 0.354 e. The Morgan fingerprint density at radius 3 is 2.38 bits per heavy atom. The number of hydrogen-bond acceptors (Lipinski definition) is 3. The standard InChI is InChI=1S/C24H18ClF5N4O3/c1-10-21(35)33-19(15-8-13(26)3-4-16(15)25)20-17(9-18(34(10)20)23(37)31-2)32-22(36)11-5-12(24(28,29)30)7-14(27)6-11/h3-10,19H,1-2H3,(H,31,37)(H,32,36)(H,33,35)/t10-,19-/m0/s1. The van der Waals surface area contributed by atoms with Crippen molar-refractivity contribution in [2.24, 2.45) is 0 Å². The Bertz CT molecular complexity index is 1440. The molecule has 0 fully saturated rings. The van der Waals surface area contributed by atoms with E-state index in [1.807, 2.05) is 0 Å². The number of rotatable bonds is 4. The summed E-state index contributed by atoms with van der Waals surface area (Å²) in [6, 6.07) is 3.86. The van der Waals surface area contributed by atoms with Crippen LogP contribution >= 0.6 is 11.6 Å². The van der Waals surface area contributed by atoms with E-state index in [1.54, 1.807) is 0 Å². The number of carbonyl (C=O) groups is 3. The zero-order valence-electron chi connectivity index (χ0n) is 19.1. The summed E-state index contributed by atoms with van der Waals surface area (Å²) in [4.78, 5) is 38.4. The zero-order valence-corrected chi connectivity index (χ0v) is 19.9. The third-order valence-corrected chi connectivity index (χ3v) is 6.21. The van der Waals surface area contributed by atoms with Crippen molar-refractivity contribution in [2.75, 3.05) is 12.4 Å². The van der Waals surface area contributed by atoms with Gasteiger partial charge in [-0.15, -0.1) is 0 Å². The maximum atomic E-state index is 14.1. The van der Waals surface area contributed by atoms with E-state index in [-0.39, 0.29) is 33.7 Å². The van der Waals surface area contributed by atoms with Crippen molar-refractivity contribution >= 4 is 35.0 Å². The maximum absolute atomic E-state index is 14.1. The molecular formula is C24H18ClF5N4O3. The lowest BCUT2D eigenvalue weighted by Crippen LogP contribution is -2.43. The molecule has 194 valence electrons. The van der Waals surface area contributed by atoms with E-state index >= 15 is 0 Å². The molecule has 3 amide bonds. The minimum Gasteiger partial charge on any atom is -0.354 e. The van der Waals surface area contributed by atoms with Gasteiger partial charge in [0.25, 0.3) is 11.8 Å². The summed E-state index contributed by atoms with van der Waals surface area (Å²) in [5, 5.41) is 7.53. The summed E-state index contributed by atoms with van der Waals surface area (Å²) in [7, 11) is 1.33. The number of alkyl halides is 3. The third-order valence-electron chi connectivity index (χ3n) is 5.87. The number of anilines is 1. The molecule has 0 bridgehead atoms. The summed E-state index contributed by atoms with van der Waals surface area (Å²) in [6.07, 6.45) is -4.90. The molecule has 0 aliphatic carbocycles. The quantitative estimate of drug-likeness (QED) is 0.414. The van der Waals surface area contributed by atoms with E-state index in [2.05, 4.69) is 16.0 Å². The van der Waals surface area contributed by atoms with Gasteiger partial charge in [0.2, 0.25) is 5.91 Å². The largest absolute Gasteiger partial charge is 0.416 e. The fourth-order valence-electron chi connectivity index (χ4n) is 4.14. The lowest BCUT2D eigenvalue weighted by atomic mass is 9.99. The van der Waals surface area contributed by atoms with Crippen LogP contribution in [0.4, 0.5) is 27.6 Å². The van der Waals surface area contributed by atoms with Crippen LogP contribution in [0.2, 0.25) is 5.02 Å². The average Bonchev–Trinajstić information content (AvgIpc) is 3.20. The van der Waals surface area contributed by atoms with Crippen LogP contribution in [-0.4, -0.2) is 29.3 Å². The van der Waals surface area contributed by atoms with E-state index < -0.39 is 58.7 Å². The predicted molar refractivity (Wildman–Crippen MR) is 123 cm³/mol. The Hall–Kier alpha value is -3.93. The van der Waals surface area contributed by atoms with E-state index in [1.165, 1.54) is 30.7 Å². The number of hydrogen-bond donors (Lipinski definition) is 3. The number of nitrogens with zero attached hydrogens (tertiary/aromatic N) is 1. The normalized spacial score (nSPS) is 17.1. The van der Waals surface area contributed by atoms with E-state index in [0.29, 0.717) is 12.1 Å². The fraction of sp³-hybridized carbons (Fsp3) is 0.208. The SMILES string of the molecule is CNC(=O)c1cc(NC(=O)c2cc(F)cc(C(F)(F)F)c2)c2n1[C@@H](C)C(=O)N[C@H]2c1cc(F)ccc1Cl. The van der Waals surface area contributed by atoms with Crippen molar-refractivity contribution in [3.63, 3.8) is 0 Å². The Kier molecular flexibility index (Phi) is 6.72. The molecule has 0 saturated heterocycles. The summed E-state index contributed by atoms with van der Waals surface area (Å²) >= 11 is 6.27. The first-order chi connectivity index (χ1) is 17.3.